The molecule has 0 saturated carbocycles. The zero-order valence-corrected chi connectivity index (χ0v) is 17.4. The lowest BCUT2D eigenvalue weighted by Gasteiger charge is -2.21. The van der Waals surface area contributed by atoms with E-state index < -0.39 is 0 Å². The first kappa shape index (κ1) is 23.4. The molecule has 1 unspecified atom stereocenters. The number of rotatable bonds is 18. The van der Waals surface area contributed by atoms with Crippen molar-refractivity contribution in [2.75, 3.05) is 19.7 Å². The van der Waals surface area contributed by atoms with Gasteiger partial charge in [-0.2, -0.15) is 0 Å². The van der Waals surface area contributed by atoms with Crippen LogP contribution in [-0.4, -0.2) is 42.1 Å². The van der Waals surface area contributed by atoms with E-state index in [4.69, 9.17) is 5.11 Å². The van der Waals surface area contributed by atoms with Gasteiger partial charge in [0.1, 0.15) is 6.17 Å². The average Bonchev–Trinajstić information content (AvgIpc) is 3.09. The fourth-order valence-electron chi connectivity index (χ4n) is 3.69. The van der Waals surface area contributed by atoms with Crippen LogP contribution in [0.5, 0.6) is 0 Å². The van der Waals surface area contributed by atoms with Gasteiger partial charge in [-0.15, -0.1) is 0 Å². The summed E-state index contributed by atoms with van der Waals surface area (Å²) >= 11 is 0. The van der Waals surface area contributed by atoms with Crippen LogP contribution in [0.1, 0.15) is 103 Å². The monoisotopic (exact) mass is 364 g/mol. The molecule has 1 atom stereocenters. The lowest BCUT2D eigenvalue weighted by molar-refractivity contribution is 0.176. The molecule has 0 saturated heterocycles. The van der Waals surface area contributed by atoms with E-state index in [0.717, 1.165) is 19.5 Å². The minimum absolute atomic E-state index is 0.238. The van der Waals surface area contributed by atoms with Crippen LogP contribution in [0.4, 0.5) is 0 Å². The fraction of sp³-hybridized carbons (Fsp3) is 0.870. The van der Waals surface area contributed by atoms with Crippen LogP contribution in [0.2, 0.25) is 0 Å². The molecule has 0 fully saturated rings. The number of aliphatic hydroxyl groups is 1. The molecule has 0 aromatic heterocycles. The predicted molar refractivity (Wildman–Crippen MR) is 115 cm³/mol. The Kier molecular flexibility index (Phi) is 15.9. The Labute approximate surface area is 163 Å². The van der Waals surface area contributed by atoms with Crippen LogP contribution in [0, 0.1) is 0 Å². The van der Waals surface area contributed by atoms with Crippen molar-refractivity contribution in [2.45, 2.75) is 109 Å². The van der Waals surface area contributed by atoms with Gasteiger partial charge in [-0.3, -0.25) is 9.89 Å². The summed E-state index contributed by atoms with van der Waals surface area (Å²) in [6, 6.07) is 0. The van der Waals surface area contributed by atoms with Gasteiger partial charge in [0.05, 0.1) is 6.61 Å². The summed E-state index contributed by atoms with van der Waals surface area (Å²) in [5.41, 5.74) is 0. The third-order valence-electron chi connectivity index (χ3n) is 5.38. The van der Waals surface area contributed by atoms with Crippen LogP contribution in [0.15, 0.2) is 17.1 Å². The third-order valence-corrected chi connectivity index (χ3v) is 5.38. The molecule has 0 aromatic carbocycles. The lowest BCUT2D eigenvalue weighted by Crippen LogP contribution is -2.32. The molecule has 152 valence electrons. The van der Waals surface area contributed by atoms with Crippen molar-refractivity contribution in [1.82, 2.24) is 4.90 Å². The second kappa shape index (κ2) is 17.7. The van der Waals surface area contributed by atoms with Gasteiger partial charge in [0, 0.05) is 19.3 Å². The number of hydrogen-bond acceptors (Lipinski definition) is 3. The second-order valence-corrected chi connectivity index (χ2v) is 7.76. The van der Waals surface area contributed by atoms with Gasteiger partial charge in [-0.1, -0.05) is 76.9 Å². The molecule has 1 heterocycles. The SMILES string of the molecule is CCCCCCCCCCCC/C=C/CCCCC1N=CCN1CCO. The van der Waals surface area contributed by atoms with Gasteiger partial charge in [0.15, 0.2) is 0 Å². The van der Waals surface area contributed by atoms with E-state index >= 15 is 0 Å². The first-order valence-electron chi connectivity index (χ1n) is 11.4. The van der Waals surface area contributed by atoms with Gasteiger partial charge >= 0.3 is 0 Å². The summed E-state index contributed by atoms with van der Waals surface area (Å²) < 4.78 is 0. The summed E-state index contributed by atoms with van der Waals surface area (Å²) in [6.45, 7) is 4.18. The van der Waals surface area contributed by atoms with Crippen molar-refractivity contribution in [3.05, 3.63) is 12.2 Å². The zero-order chi connectivity index (χ0) is 18.7. The highest BCUT2D eigenvalue weighted by Crippen LogP contribution is 2.15. The van der Waals surface area contributed by atoms with Crippen LogP contribution in [-0.2, 0) is 0 Å². The second-order valence-electron chi connectivity index (χ2n) is 7.76. The molecule has 0 aromatic rings. The molecule has 26 heavy (non-hydrogen) atoms. The van der Waals surface area contributed by atoms with Crippen LogP contribution >= 0.6 is 0 Å². The Bertz CT molecular complexity index is 354. The highest BCUT2D eigenvalue weighted by Gasteiger charge is 2.19. The summed E-state index contributed by atoms with van der Waals surface area (Å²) in [6.07, 6.45) is 27.3. The number of unbranched alkanes of at least 4 members (excludes halogenated alkanes) is 12. The molecule has 1 aliphatic heterocycles. The Morgan fingerprint density at radius 2 is 1.46 bits per heavy atom. The molecule has 1 aliphatic rings. The molecule has 0 bridgehead atoms. The number of allylic oxidation sites excluding steroid dienone is 2. The standard InChI is InChI=1S/C23H44N2O/c1-2-3-4-5-6-7-8-9-10-11-12-13-14-15-16-17-18-23-24-19-20-25(23)21-22-26/h13-14,19,23,26H,2-12,15-18,20-22H2,1H3/b14-13+. The lowest BCUT2D eigenvalue weighted by atomic mass is 10.1. The Morgan fingerprint density at radius 1 is 0.885 bits per heavy atom. The smallest absolute Gasteiger partial charge is 0.102 e. The maximum Gasteiger partial charge on any atom is 0.102 e. The van der Waals surface area contributed by atoms with Crippen molar-refractivity contribution in [3.8, 4) is 0 Å². The molecule has 3 heteroatoms. The van der Waals surface area contributed by atoms with Crippen LogP contribution in [0.3, 0.4) is 0 Å². The molecular formula is C23H44N2O. The van der Waals surface area contributed by atoms with Crippen molar-refractivity contribution < 1.29 is 5.11 Å². The first-order chi connectivity index (χ1) is 12.9. The zero-order valence-electron chi connectivity index (χ0n) is 17.4. The molecule has 3 nitrogen and oxygen atoms in total. The Hall–Kier alpha value is -0.670. The van der Waals surface area contributed by atoms with Crippen molar-refractivity contribution in [2.24, 2.45) is 4.99 Å². The quantitative estimate of drug-likeness (QED) is 0.235. The van der Waals surface area contributed by atoms with Crippen LogP contribution < -0.4 is 0 Å². The molecule has 1 rings (SSSR count). The molecule has 0 amide bonds. The minimum atomic E-state index is 0.238. The number of hydrogen-bond donors (Lipinski definition) is 1. The number of aliphatic imine (C=N–C) groups is 1. The van der Waals surface area contributed by atoms with E-state index in [9.17, 15) is 0 Å². The van der Waals surface area contributed by atoms with E-state index in [0.29, 0.717) is 6.17 Å². The number of nitrogens with zero attached hydrogens (tertiary/aromatic N) is 2. The van der Waals surface area contributed by atoms with E-state index in [1.54, 1.807) is 0 Å². The molecule has 0 radical (unpaired) electrons. The van der Waals surface area contributed by atoms with Crippen molar-refractivity contribution in [1.29, 1.82) is 0 Å². The van der Waals surface area contributed by atoms with Gasteiger partial charge < -0.3 is 5.11 Å². The summed E-state index contributed by atoms with van der Waals surface area (Å²) in [5.74, 6) is 0. The maximum absolute atomic E-state index is 9.05. The van der Waals surface area contributed by atoms with E-state index in [1.165, 1.54) is 89.9 Å². The van der Waals surface area contributed by atoms with Crippen molar-refractivity contribution >= 4 is 6.21 Å². The van der Waals surface area contributed by atoms with E-state index in [-0.39, 0.29) is 6.61 Å². The molecule has 1 N–H and O–H groups in total. The van der Waals surface area contributed by atoms with Crippen LogP contribution in [0.25, 0.3) is 0 Å². The van der Waals surface area contributed by atoms with Crippen molar-refractivity contribution in [3.63, 3.8) is 0 Å². The average molecular weight is 365 g/mol. The van der Waals surface area contributed by atoms with E-state index in [1.807, 2.05) is 6.21 Å². The number of aliphatic hydroxyl groups excluding tert-OH is 1. The minimum Gasteiger partial charge on any atom is -0.395 e. The summed E-state index contributed by atoms with van der Waals surface area (Å²) in [7, 11) is 0. The molecule has 0 aliphatic carbocycles. The molecular weight excluding hydrogens is 320 g/mol. The predicted octanol–water partition coefficient (Wildman–Crippen LogP) is 6.12. The summed E-state index contributed by atoms with van der Waals surface area (Å²) in [4.78, 5) is 6.78. The fourth-order valence-corrected chi connectivity index (χ4v) is 3.69. The summed E-state index contributed by atoms with van der Waals surface area (Å²) in [5, 5.41) is 9.05. The highest BCUT2D eigenvalue weighted by atomic mass is 16.3. The van der Waals surface area contributed by atoms with Gasteiger partial charge in [-0.05, 0) is 38.5 Å². The Balaban J connectivity index is 1.80. The largest absolute Gasteiger partial charge is 0.395 e. The van der Waals surface area contributed by atoms with Gasteiger partial charge in [0.2, 0.25) is 0 Å². The topological polar surface area (TPSA) is 35.8 Å². The normalized spacial score (nSPS) is 17.7. The first-order valence-corrected chi connectivity index (χ1v) is 11.4. The maximum atomic E-state index is 9.05. The van der Waals surface area contributed by atoms with Gasteiger partial charge in [-0.25, -0.2) is 0 Å². The third kappa shape index (κ3) is 12.6. The highest BCUT2D eigenvalue weighted by molar-refractivity contribution is 5.62. The molecule has 0 spiro atoms. The Morgan fingerprint density at radius 3 is 2.08 bits per heavy atom. The van der Waals surface area contributed by atoms with E-state index in [2.05, 4.69) is 29.0 Å². The number of β-amino-alcohol motifs (C(OH)–C–C–N with tert-alkyl or cyclic N) is 1. The van der Waals surface area contributed by atoms with Gasteiger partial charge in [0.25, 0.3) is 0 Å².